The number of nitrogens with one attached hydrogen (secondary N) is 3. The molecule has 0 saturated heterocycles. The number of anilines is 2. The van der Waals surface area contributed by atoms with Crippen molar-refractivity contribution in [1.82, 2.24) is 5.32 Å². The lowest BCUT2D eigenvalue weighted by atomic mass is 10.2. The Balaban J connectivity index is 1.96. The van der Waals surface area contributed by atoms with Crippen LogP contribution in [0.25, 0.3) is 0 Å². The Hall–Kier alpha value is -2.94. The molecule has 0 unspecified atom stereocenters. The van der Waals surface area contributed by atoms with Gasteiger partial charge in [-0.15, -0.1) is 0 Å². The third kappa shape index (κ3) is 6.66. The molecule has 0 spiro atoms. The molecule has 0 aromatic heterocycles. The zero-order chi connectivity index (χ0) is 20.7. The predicted molar refractivity (Wildman–Crippen MR) is 100.0 cm³/mol. The minimum atomic E-state index is -4.49. The van der Waals surface area contributed by atoms with E-state index in [1.807, 2.05) is 0 Å². The zero-order valence-electron chi connectivity index (χ0n) is 14.7. The van der Waals surface area contributed by atoms with Gasteiger partial charge in [0, 0.05) is 23.3 Å². The van der Waals surface area contributed by atoms with Crippen molar-refractivity contribution < 1.29 is 27.5 Å². The van der Waals surface area contributed by atoms with Crippen LogP contribution in [0.1, 0.15) is 10.4 Å². The van der Waals surface area contributed by atoms with Crippen LogP contribution in [0.2, 0.25) is 5.02 Å². The first-order chi connectivity index (χ1) is 13.2. The van der Waals surface area contributed by atoms with Crippen molar-refractivity contribution in [2.45, 2.75) is 6.18 Å². The van der Waals surface area contributed by atoms with Crippen LogP contribution in [0.3, 0.4) is 0 Å². The fourth-order valence-corrected chi connectivity index (χ4v) is 2.33. The lowest BCUT2D eigenvalue weighted by Gasteiger charge is -2.15. The van der Waals surface area contributed by atoms with Crippen LogP contribution < -0.4 is 20.7 Å². The molecule has 6 nitrogen and oxygen atoms in total. The smallest absolute Gasteiger partial charge is 0.422 e. The minimum Gasteiger partial charge on any atom is -0.482 e. The van der Waals surface area contributed by atoms with Gasteiger partial charge in [0.2, 0.25) is 5.91 Å². The monoisotopic (exact) mass is 415 g/mol. The summed E-state index contributed by atoms with van der Waals surface area (Å²) in [7, 11) is 1.51. The van der Waals surface area contributed by atoms with Gasteiger partial charge in [-0.1, -0.05) is 11.6 Å². The molecule has 0 aliphatic rings. The van der Waals surface area contributed by atoms with Crippen LogP contribution in [0.4, 0.5) is 24.5 Å². The second-order valence-electron chi connectivity index (χ2n) is 5.60. The van der Waals surface area contributed by atoms with Crippen molar-refractivity contribution in [3.63, 3.8) is 0 Å². The fourth-order valence-electron chi connectivity index (χ4n) is 2.16. The zero-order valence-corrected chi connectivity index (χ0v) is 15.4. The van der Waals surface area contributed by atoms with Gasteiger partial charge >= 0.3 is 6.18 Å². The molecule has 28 heavy (non-hydrogen) atoms. The van der Waals surface area contributed by atoms with Crippen LogP contribution in [0.5, 0.6) is 5.75 Å². The molecule has 150 valence electrons. The van der Waals surface area contributed by atoms with Crippen molar-refractivity contribution in [2.75, 3.05) is 30.8 Å². The van der Waals surface area contributed by atoms with Gasteiger partial charge < -0.3 is 20.7 Å². The molecule has 10 heteroatoms. The number of rotatable bonds is 7. The molecule has 0 heterocycles. The standard InChI is InChI=1S/C18H17ClF3N3O3/c1-23-17(27)11-2-5-13(6-3-11)25-16(26)9-24-14-8-12(19)4-7-15(14)28-10-18(20,21)22/h2-8,24H,9-10H2,1H3,(H,23,27)(H,25,26). The maximum Gasteiger partial charge on any atom is 0.422 e. The molecule has 0 atom stereocenters. The highest BCUT2D eigenvalue weighted by atomic mass is 35.5. The summed E-state index contributed by atoms with van der Waals surface area (Å²) in [5.41, 5.74) is 1.05. The molecule has 0 fully saturated rings. The number of carbonyl (C=O) groups is 2. The molecular weight excluding hydrogens is 399 g/mol. The van der Waals surface area contributed by atoms with Crippen molar-refractivity contribution in [3.05, 3.63) is 53.1 Å². The molecule has 2 aromatic carbocycles. The maximum absolute atomic E-state index is 12.3. The van der Waals surface area contributed by atoms with Gasteiger partial charge in [0.15, 0.2) is 6.61 Å². The minimum absolute atomic E-state index is 0.0792. The van der Waals surface area contributed by atoms with Gasteiger partial charge in [0.1, 0.15) is 5.75 Å². The van der Waals surface area contributed by atoms with Gasteiger partial charge in [0.05, 0.1) is 12.2 Å². The van der Waals surface area contributed by atoms with E-state index in [4.69, 9.17) is 16.3 Å². The molecular formula is C18H17ClF3N3O3. The summed E-state index contributed by atoms with van der Waals surface area (Å²) in [6, 6.07) is 10.2. The van der Waals surface area contributed by atoms with Gasteiger partial charge in [-0.25, -0.2) is 0 Å². The SMILES string of the molecule is CNC(=O)c1ccc(NC(=O)CNc2cc(Cl)ccc2OCC(F)(F)F)cc1. The second kappa shape index (κ2) is 9.32. The Morgan fingerprint density at radius 3 is 2.39 bits per heavy atom. The third-order valence-electron chi connectivity index (χ3n) is 3.43. The normalized spacial score (nSPS) is 10.9. The number of hydrogen-bond donors (Lipinski definition) is 3. The van der Waals surface area contributed by atoms with Gasteiger partial charge in [-0.3, -0.25) is 9.59 Å². The summed E-state index contributed by atoms with van der Waals surface area (Å²) in [4.78, 5) is 23.5. The van der Waals surface area contributed by atoms with E-state index in [2.05, 4.69) is 16.0 Å². The number of hydrogen-bond acceptors (Lipinski definition) is 4. The first kappa shape index (κ1) is 21.4. The summed E-state index contributed by atoms with van der Waals surface area (Å²) < 4.78 is 41.8. The van der Waals surface area contributed by atoms with Crippen molar-refractivity contribution in [1.29, 1.82) is 0 Å². The lowest BCUT2D eigenvalue weighted by molar-refractivity contribution is -0.153. The Morgan fingerprint density at radius 1 is 1.11 bits per heavy atom. The summed E-state index contributed by atoms with van der Waals surface area (Å²) in [5.74, 6) is -0.786. The molecule has 0 saturated carbocycles. The number of benzene rings is 2. The molecule has 0 aliphatic heterocycles. The molecule has 0 aliphatic carbocycles. The fraction of sp³-hybridized carbons (Fsp3) is 0.222. The average molecular weight is 416 g/mol. The van der Waals surface area contributed by atoms with Crippen molar-refractivity contribution in [3.8, 4) is 5.75 Å². The van der Waals surface area contributed by atoms with E-state index in [9.17, 15) is 22.8 Å². The average Bonchev–Trinajstić information content (AvgIpc) is 2.65. The first-order valence-corrected chi connectivity index (χ1v) is 8.41. The summed E-state index contributed by atoms with van der Waals surface area (Å²) >= 11 is 5.85. The molecule has 2 amide bonds. The molecule has 2 rings (SSSR count). The van der Waals surface area contributed by atoms with Crippen LogP contribution in [-0.2, 0) is 4.79 Å². The maximum atomic E-state index is 12.3. The van der Waals surface area contributed by atoms with E-state index in [-0.39, 0.29) is 28.9 Å². The van der Waals surface area contributed by atoms with E-state index in [1.54, 1.807) is 24.3 Å². The highest BCUT2D eigenvalue weighted by Gasteiger charge is 2.28. The van der Waals surface area contributed by atoms with Crippen LogP contribution in [-0.4, -0.2) is 38.2 Å². The summed E-state index contributed by atoms with van der Waals surface area (Å²) in [6.07, 6.45) is -4.49. The summed E-state index contributed by atoms with van der Waals surface area (Å²) in [6.45, 7) is -1.70. The number of ether oxygens (including phenoxy) is 1. The molecule has 0 bridgehead atoms. The van der Waals surface area contributed by atoms with Crippen molar-refractivity contribution in [2.24, 2.45) is 0 Å². The number of carbonyl (C=O) groups excluding carboxylic acids is 2. The Kier molecular flexibility index (Phi) is 7.11. The molecule has 0 radical (unpaired) electrons. The number of alkyl halides is 3. The first-order valence-electron chi connectivity index (χ1n) is 8.03. The topological polar surface area (TPSA) is 79.5 Å². The van der Waals surface area contributed by atoms with E-state index >= 15 is 0 Å². The second-order valence-corrected chi connectivity index (χ2v) is 6.04. The molecule has 3 N–H and O–H groups in total. The Morgan fingerprint density at radius 2 is 1.79 bits per heavy atom. The highest BCUT2D eigenvalue weighted by molar-refractivity contribution is 6.31. The molecule has 2 aromatic rings. The van der Waals surface area contributed by atoms with Crippen LogP contribution in [0.15, 0.2) is 42.5 Å². The van der Waals surface area contributed by atoms with E-state index in [1.165, 1.54) is 25.2 Å². The van der Waals surface area contributed by atoms with E-state index in [0.29, 0.717) is 11.3 Å². The van der Waals surface area contributed by atoms with E-state index < -0.39 is 18.7 Å². The van der Waals surface area contributed by atoms with Crippen molar-refractivity contribution >= 4 is 34.8 Å². The third-order valence-corrected chi connectivity index (χ3v) is 3.67. The largest absolute Gasteiger partial charge is 0.482 e. The Bertz CT molecular complexity index is 842. The van der Waals surface area contributed by atoms with Gasteiger partial charge in [-0.2, -0.15) is 13.2 Å². The predicted octanol–water partition coefficient (Wildman–Crippen LogP) is 3.69. The van der Waals surface area contributed by atoms with Gasteiger partial charge in [0.25, 0.3) is 5.91 Å². The lowest BCUT2D eigenvalue weighted by Crippen LogP contribution is -2.23. The quantitative estimate of drug-likeness (QED) is 0.644. The van der Waals surface area contributed by atoms with E-state index in [0.717, 1.165) is 0 Å². The van der Waals surface area contributed by atoms with Crippen LogP contribution in [0, 0.1) is 0 Å². The highest BCUT2D eigenvalue weighted by Crippen LogP contribution is 2.29. The Labute approximate surface area is 164 Å². The number of halogens is 4. The number of amides is 2. The van der Waals surface area contributed by atoms with Crippen LogP contribution >= 0.6 is 11.6 Å². The summed E-state index contributed by atoms with van der Waals surface area (Å²) in [5, 5.41) is 8.05. The van der Waals surface area contributed by atoms with Gasteiger partial charge in [-0.05, 0) is 42.5 Å².